The van der Waals surface area contributed by atoms with Crippen molar-refractivity contribution in [2.24, 2.45) is 11.3 Å². The molecule has 0 amide bonds. The van der Waals surface area contributed by atoms with Gasteiger partial charge in [-0.1, -0.05) is 13.3 Å². The zero-order valence-electron chi connectivity index (χ0n) is 15.4. The van der Waals surface area contributed by atoms with Crippen molar-refractivity contribution in [3.63, 3.8) is 0 Å². The van der Waals surface area contributed by atoms with Crippen LogP contribution in [0.4, 0.5) is 22.0 Å². The number of allylic oxidation sites excluding steroid dienone is 2. The minimum Gasteiger partial charge on any atom is -0.374 e. The van der Waals surface area contributed by atoms with Crippen LogP contribution in [-0.2, 0) is 23.8 Å². The highest BCUT2D eigenvalue weighted by atomic mass is 32.2. The Kier molecular flexibility index (Phi) is 5.51. The first-order chi connectivity index (χ1) is 12.8. The normalized spacial score (nSPS) is 38.2. The average molecular weight is 434 g/mol. The second kappa shape index (κ2) is 7.09. The third kappa shape index (κ3) is 4.16. The van der Waals surface area contributed by atoms with Crippen molar-refractivity contribution in [3.05, 3.63) is 11.8 Å². The topological polar surface area (TPSA) is 61.8 Å². The molecule has 28 heavy (non-hydrogen) atoms. The third-order valence-corrected chi connectivity index (χ3v) is 6.66. The third-order valence-electron chi connectivity index (χ3n) is 5.69. The molecule has 0 saturated carbocycles. The van der Waals surface area contributed by atoms with E-state index in [2.05, 4.69) is 4.18 Å². The Labute approximate surface area is 160 Å². The number of halogens is 5. The molecule has 162 valence electrons. The Morgan fingerprint density at radius 1 is 1.18 bits per heavy atom. The van der Waals surface area contributed by atoms with Crippen molar-refractivity contribution in [1.29, 1.82) is 0 Å². The van der Waals surface area contributed by atoms with E-state index in [4.69, 9.17) is 9.47 Å². The standard InChI is InChI=1S/C17H23F5O5S/c1-14-7-8-15(25-10-14,26-11-14)9-12-5-3-2-4-6-13(16(12,18)19)27-28(23,24)17(20,21)22/h6,12H,2-5,7-11H2,1H3/b13-6+. The van der Waals surface area contributed by atoms with Gasteiger partial charge in [-0.15, -0.1) is 0 Å². The van der Waals surface area contributed by atoms with Gasteiger partial charge in [0.25, 0.3) is 0 Å². The lowest BCUT2D eigenvalue weighted by atomic mass is 9.76. The van der Waals surface area contributed by atoms with Crippen molar-refractivity contribution in [2.75, 3.05) is 13.2 Å². The maximum atomic E-state index is 15.1. The first kappa shape index (κ1) is 21.8. The highest BCUT2D eigenvalue weighted by molar-refractivity contribution is 7.87. The van der Waals surface area contributed by atoms with Gasteiger partial charge in [0.15, 0.2) is 11.5 Å². The number of fused-ring (bicyclic) bond motifs is 3. The summed E-state index contributed by atoms with van der Waals surface area (Å²) in [7, 11) is -6.18. The van der Waals surface area contributed by atoms with Crippen LogP contribution in [0, 0.1) is 11.3 Å². The van der Waals surface area contributed by atoms with Crippen LogP contribution in [0.5, 0.6) is 0 Å². The summed E-state index contributed by atoms with van der Waals surface area (Å²) in [5.41, 5.74) is -5.95. The van der Waals surface area contributed by atoms with Crippen molar-refractivity contribution in [1.82, 2.24) is 0 Å². The Morgan fingerprint density at radius 3 is 2.36 bits per heavy atom. The van der Waals surface area contributed by atoms with E-state index in [1.807, 2.05) is 6.92 Å². The van der Waals surface area contributed by atoms with Gasteiger partial charge in [0.1, 0.15) is 0 Å². The van der Waals surface area contributed by atoms with E-state index in [-0.39, 0.29) is 24.7 Å². The van der Waals surface area contributed by atoms with Gasteiger partial charge in [0.05, 0.1) is 13.2 Å². The number of alkyl halides is 5. The fourth-order valence-corrected chi connectivity index (χ4v) is 4.35. The molecule has 0 N–H and O–H groups in total. The molecule has 0 aromatic carbocycles. The van der Waals surface area contributed by atoms with Crippen LogP contribution in [0.1, 0.15) is 51.9 Å². The summed E-state index contributed by atoms with van der Waals surface area (Å²) in [6.45, 7) is 2.68. The number of rotatable bonds is 4. The molecule has 0 aromatic rings. The molecular formula is C17H23F5O5S. The molecule has 0 aromatic heterocycles. The Morgan fingerprint density at radius 2 is 1.82 bits per heavy atom. The first-order valence-electron chi connectivity index (χ1n) is 9.16. The fraction of sp³-hybridized carbons (Fsp3) is 0.882. The van der Waals surface area contributed by atoms with Crippen LogP contribution in [0.2, 0.25) is 0 Å². The molecule has 3 saturated heterocycles. The summed E-state index contributed by atoms with van der Waals surface area (Å²) in [5.74, 6) is -8.07. The second-order valence-electron chi connectivity index (χ2n) is 8.16. The van der Waals surface area contributed by atoms with Crippen molar-refractivity contribution in [3.8, 4) is 0 Å². The van der Waals surface area contributed by atoms with E-state index < -0.39 is 39.0 Å². The van der Waals surface area contributed by atoms with Gasteiger partial charge < -0.3 is 13.7 Å². The fourth-order valence-electron chi connectivity index (χ4n) is 3.84. The first-order valence-corrected chi connectivity index (χ1v) is 10.6. The predicted octanol–water partition coefficient (Wildman–Crippen LogP) is 4.50. The van der Waals surface area contributed by atoms with Crippen LogP contribution in [0.15, 0.2) is 11.8 Å². The number of ether oxygens (including phenoxy) is 2. The van der Waals surface area contributed by atoms with E-state index in [1.165, 1.54) is 0 Å². The molecule has 1 aliphatic carbocycles. The minimum atomic E-state index is -6.18. The lowest BCUT2D eigenvalue weighted by Gasteiger charge is -2.52. The van der Waals surface area contributed by atoms with E-state index in [1.54, 1.807) is 0 Å². The molecular weight excluding hydrogens is 411 g/mol. The summed E-state index contributed by atoms with van der Waals surface area (Å²) in [6.07, 6.45) is 2.47. The Bertz CT molecular complexity index is 706. The molecule has 11 heteroatoms. The average Bonchev–Trinajstić information content (AvgIpc) is 2.59. The van der Waals surface area contributed by atoms with E-state index >= 15 is 8.78 Å². The van der Waals surface area contributed by atoms with Crippen LogP contribution in [0.3, 0.4) is 0 Å². The summed E-state index contributed by atoms with van der Waals surface area (Å²) in [4.78, 5) is 0. The molecule has 3 heterocycles. The second-order valence-corrected chi connectivity index (χ2v) is 9.70. The van der Waals surface area contributed by atoms with E-state index in [0.29, 0.717) is 32.5 Å². The van der Waals surface area contributed by atoms with Gasteiger partial charge in [0.2, 0.25) is 0 Å². The number of hydrogen-bond donors (Lipinski definition) is 0. The Hall–Kier alpha value is -0.940. The van der Waals surface area contributed by atoms with Gasteiger partial charge >= 0.3 is 21.5 Å². The highest BCUT2D eigenvalue weighted by Gasteiger charge is 2.57. The molecule has 2 bridgehead atoms. The maximum absolute atomic E-state index is 15.1. The van der Waals surface area contributed by atoms with E-state index in [9.17, 15) is 21.6 Å². The van der Waals surface area contributed by atoms with E-state index in [0.717, 1.165) is 12.5 Å². The van der Waals surface area contributed by atoms with Gasteiger partial charge in [-0.05, 0) is 31.8 Å². The van der Waals surface area contributed by atoms with Crippen LogP contribution < -0.4 is 0 Å². The molecule has 5 nitrogen and oxygen atoms in total. The van der Waals surface area contributed by atoms with Gasteiger partial charge in [-0.25, -0.2) is 0 Å². The molecule has 1 unspecified atom stereocenters. The molecule has 0 spiro atoms. The van der Waals surface area contributed by atoms with Crippen LogP contribution in [0.25, 0.3) is 0 Å². The minimum absolute atomic E-state index is 0.00151. The van der Waals surface area contributed by atoms with Gasteiger partial charge in [0, 0.05) is 24.2 Å². The summed E-state index contributed by atoms with van der Waals surface area (Å²) in [5, 5.41) is 0. The lowest BCUT2D eigenvalue weighted by Crippen LogP contribution is -2.56. The zero-order valence-corrected chi connectivity index (χ0v) is 16.2. The van der Waals surface area contributed by atoms with Gasteiger partial charge in [-0.2, -0.15) is 30.4 Å². The van der Waals surface area contributed by atoms with Crippen molar-refractivity contribution >= 4 is 10.1 Å². The molecule has 3 aliphatic heterocycles. The lowest BCUT2D eigenvalue weighted by molar-refractivity contribution is -0.347. The van der Waals surface area contributed by atoms with Crippen molar-refractivity contribution in [2.45, 2.75) is 69.1 Å². The zero-order chi connectivity index (χ0) is 20.8. The molecule has 4 rings (SSSR count). The Balaban J connectivity index is 1.83. The molecule has 0 radical (unpaired) electrons. The highest BCUT2D eigenvalue weighted by Crippen LogP contribution is 2.50. The SMILES string of the molecule is CC12CCC(CC3CCCC/C=C(/OS(=O)(=O)C(F)(F)F)C3(F)F)(OC1)OC2. The van der Waals surface area contributed by atoms with Crippen LogP contribution >= 0.6 is 0 Å². The summed E-state index contributed by atoms with van der Waals surface area (Å²) in [6, 6.07) is 0. The van der Waals surface area contributed by atoms with Crippen molar-refractivity contribution < 1.29 is 44.0 Å². The number of hydrogen-bond acceptors (Lipinski definition) is 5. The molecule has 1 atom stereocenters. The largest absolute Gasteiger partial charge is 0.534 e. The molecule has 3 fully saturated rings. The van der Waals surface area contributed by atoms with Gasteiger partial charge in [-0.3, -0.25) is 0 Å². The predicted molar refractivity (Wildman–Crippen MR) is 87.6 cm³/mol. The quantitative estimate of drug-likeness (QED) is 0.371. The summed E-state index contributed by atoms with van der Waals surface area (Å²) >= 11 is 0. The van der Waals surface area contributed by atoms with Crippen LogP contribution in [-0.4, -0.2) is 38.8 Å². The maximum Gasteiger partial charge on any atom is 0.534 e. The summed E-state index contributed by atoms with van der Waals surface area (Å²) < 4.78 is 106. The smallest absolute Gasteiger partial charge is 0.374 e. The monoisotopic (exact) mass is 434 g/mol. The molecule has 4 aliphatic rings.